The van der Waals surface area contributed by atoms with Crippen LogP contribution in [0.4, 0.5) is 26.3 Å². The molecule has 0 aliphatic carbocycles. The minimum absolute atomic E-state index is 0. The molecule has 21 heavy (non-hydrogen) atoms. The summed E-state index contributed by atoms with van der Waals surface area (Å²) in [5.41, 5.74) is 0. The second-order valence-corrected chi connectivity index (χ2v) is 4.01. The Morgan fingerprint density at radius 2 is 1.19 bits per heavy atom. The first kappa shape index (κ1) is 23.0. The van der Waals surface area contributed by atoms with Crippen LogP contribution in [-0.4, -0.2) is 23.1 Å². The molecule has 0 spiro atoms. The van der Waals surface area contributed by atoms with E-state index in [0.717, 1.165) is 6.07 Å². The van der Waals surface area contributed by atoms with E-state index in [0.29, 0.717) is 18.2 Å². The van der Waals surface area contributed by atoms with Crippen LogP contribution < -0.4 is 17.0 Å². The third kappa shape index (κ3) is 7.53. The average molecular weight is 446 g/mol. The second kappa shape index (κ2) is 10.5. The van der Waals surface area contributed by atoms with Gasteiger partial charge in [-0.15, -0.1) is 12.1 Å². The van der Waals surface area contributed by atoms with Crippen LogP contribution >= 0.6 is 15.9 Å². The Kier molecular flexibility index (Phi) is 11.5. The summed E-state index contributed by atoms with van der Waals surface area (Å²) in [6.45, 7) is 0. The van der Waals surface area contributed by atoms with Crippen LogP contribution in [0, 0.1) is 41.0 Å². The number of hydrogen-bond donors (Lipinski definition) is 0. The topological polar surface area (TPSA) is 0 Å². The van der Waals surface area contributed by atoms with Crippen molar-refractivity contribution in [2.75, 3.05) is 0 Å². The van der Waals surface area contributed by atoms with E-state index in [1.165, 1.54) is 0 Å². The van der Waals surface area contributed by atoms with E-state index < -0.39 is 34.9 Å². The Morgan fingerprint density at radius 3 is 1.62 bits per heavy atom. The first-order valence-electron chi connectivity index (χ1n) is 4.63. The summed E-state index contributed by atoms with van der Waals surface area (Å²) in [6, 6.07) is 4.14. The molecule has 0 bridgehead atoms. The third-order valence-corrected chi connectivity index (χ3v) is 2.39. The molecule has 0 aliphatic rings. The van der Waals surface area contributed by atoms with Crippen molar-refractivity contribution in [2.45, 2.75) is 0 Å². The van der Waals surface area contributed by atoms with Crippen molar-refractivity contribution in [1.29, 1.82) is 0 Å². The molecule has 9 heteroatoms. The van der Waals surface area contributed by atoms with Crippen LogP contribution in [0.25, 0.3) is 0 Å². The van der Waals surface area contributed by atoms with E-state index in [9.17, 15) is 26.3 Å². The zero-order chi connectivity index (χ0) is 14.6. The first-order chi connectivity index (χ1) is 8.81. The molecule has 0 saturated carbocycles. The van der Waals surface area contributed by atoms with Gasteiger partial charge in [-0.1, -0.05) is 6.07 Å². The number of hydrogen-bond acceptors (Lipinski definition) is 0. The minimum Gasteiger partial charge on any atom is -1.00 e. The van der Waals surface area contributed by atoms with E-state index in [-0.39, 0.29) is 44.5 Å². The fraction of sp³-hybridized carbons (Fsp3) is 0. The van der Waals surface area contributed by atoms with E-state index >= 15 is 0 Å². The van der Waals surface area contributed by atoms with Gasteiger partial charge in [-0.25, -0.2) is 22.0 Å². The van der Waals surface area contributed by atoms with Crippen molar-refractivity contribution < 1.29 is 43.3 Å². The Hall–Kier alpha value is -0.254. The molecule has 0 saturated heterocycles. The number of halogens is 8. The molecule has 0 aliphatic heterocycles. The molecule has 0 fully saturated rings. The summed E-state index contributed by atoms with van der Waals surface area (Å²) in [4.78, 5) is 0. The molecule has 2 aromatic carbocycles. The second-order valence-electron chi connectivity index (χ2n) is 3.16. The van der Waals surface area contributed by atoms with Gasteiger partial charge in [-0.05, 0) is 22.0 Å². The summed E-state index contributed by atoms with van der Waals surface area (Å²) in [5, 5.41) is 0. The van der Waals surface area contributed by atoms with Crippen molar-refractivity contribution in [3.63, 3.8) is 0 Å². The van der Waals surface area contributed by atoms with Gasteiger partial charge in [0.2, 0.25) is 0 Å². The predicted octanol–water partition coefficient (Wildman–Crippen LogP) is 1.39. The van der Waals surface area contributed by atoms with Gasteiger partial charge in [0.1, 0.15) is 5.82 Å². The number of benzene rings is 2. The molecule has 110 valence electrons. The number of rotatable bonds is 0. The fourth-order valence-electron chi connectivity index (χ4n) is 0.921. The monoisotopic (exact) mass is 444 g/mol. The van der Waals surface area contributed by atoms with Crippen LogP contribution in [0.1, 0.15) is 0 Å². The molecule has 2 rings (SSSR count). The van der Waals surface area contributed by atoms with Crippen LogP contribution in [0.2, 0.25) is 0 Å². The van der Waals surface area contributed by atoms with Crippen molar-refractivity contribution in [3.05, 3.63) is 69.7 Å². The van der Waals surface area contributed by atoms with Crippen LogP contribution in [0.15, 0.2) is 28.7 Å². The quantitative estimate of drug-likeness (QED) is 0.249. The first-order valence-corrected chi connectivity index (χ1v) is 5.43. The molecule has 2 aromatic rings. The molecular weight excluding hydrogens is 442 g/mol. The zero-order valence-electron chi connectivity index (χ0n) is 10.0. The Balaban J connectivity index is 0. The maximum Gasteiger partial charge on any atom is 2.00 e. The van der Waals surface area contributed by atoms with E-state index in [4.69, 9.17) is 0 Å². The smallest absolute Gasteiger partial charge is 1.00 e. The third-order valence-electron chi connectivity index (χ3n) is 1.78. The van der Waals surface area contributed by atoms with E-state index in [2.05, 4.69) is 15.9 Å². The fourth-order valence-corrected chi connectivity index (χ4v) is 1.24. The van der Waals surface area contributed by atoms with E-state index in [1.807, 2.05) is 6.07 Å². The van der Waals surface area contributed by atoms with Gasteiger partial charge in [0.05, 0.1) is 10.3 Å². The van der Waals surface area contributed by atoms with Gasteiger partial charge >= 0.3 is 23.1 Å². The largest absolute Gasteiger partial charge is 2.00 e. The molecule has 0 radical (unpaired) electrons. The summed E-state index contributed by atoms with van der Waals surface area (Å²) in [7, 11) is 0. The molecule has 0 unspecified atom stereocenters. The summed E-state index contributed by atoms with van der Waals surface area (Å²) in [6.07, 6.45) is 0. The molecule has 0 heterocycles. The van der Waals surface area contributed by atoms with Crippen molar-refractivity contribution in [2.24, 2.45) is 0 Å². The van der Waals surface area contributed by atoms with Crippen LogP contribution in [-0.2, 0) is 0 Å². The predicted molar refractivity (Wildman–Crippen MR) is 64.9 cm³/mol. The van der Waals surface area contributed by atoms with E-state index in [1.54, 1.807) is 0 Å². The summed E-state index contributed by atoms with van der Waals surface area (Å²) >= 11 is 2.70. The SMILES string of the molecule is Fc1[c-]cc(F)c(F)c1.Fc1cc(F)c(Br)cc1F.[Br-].[Mg+2]. The Bertz CT molecular complexity index is 544. The molecule has 0 nitrogen and oxygen atoms in total. The van der Waals surface area contributed by atoms with Gasteiger partial charge < -0.3 is 17.0 Å². The standard InChI is InChI=1S/C6H2BrF3.C6H2F3.BrH.Mg/c7-3-1-5(9)6(10)2-4(3)8;7-4-1-2-5(8)6(9)3-4;;/h1-2H;2-3H;1H;/q;-1;;+2/p-1. The van der Waals surface area contributed by atoms with Gasteiger partial charge in [0, 0.05) is 17.7 Å². The van der Waals surface area contributed by atoms with Crippen LogP contribution in [0.5, 0.6) is 0 Å². The van der Waals surface area contributed by atoms with Crippen molar-refractivity contribution >= 4 is 39.0 Å². The molecule has 0 aromatic heterocycles. The Morgan fingerprint density at radius 1 is 0.714 bits per heavy atom. The molecule has 0 amide bonds. The average Bonchev–Trinajstić information content (AvgIpc) is 2.33. The summed E-state index contributed by atoms with van der Waals surface area (Å²) in [5.74, 6) is -6.22. The maximum atomic E-state index is 12.3. The Labute approximate surface area is 151 Å². The maximum absolute atomic E-state index is 12.3. The van der Waals surface area contributed by atoms with Gasteiger partial charge in [0.25, 0.3) is 0 Å². The summed E-state index contributed by atoms with van der Waals surface area (Å²) < 4.78 is 72.3. The minimum atomic E-state index is -1.19. The van der Waals surface area contributed by atoms with Crippen molar-refractivity contribution in [1.82, 2.24) is 0 Å². The molecule has 0 atom stereocenters. The normalized spacial score (nSPS) is 8.90. The molecule has 0 N–H and O–H groups in total. The molecular formula is C12H4Br2F6Mg. The van der Waals surface area contributed by atoms with Crippen molar-refractivity contribution in [3.8, 4) is 0 Å². The van der Waals surface area contributed by atoms with Gasteiger partial charge in [-0.2, -0.15) is 0 Å². The van der Waals surface area contributed by atoms with Gasteiger partial charge in [-0.3, -0.25) is 4.39 Å². The van der Waals surface area contributed by atoms with Gasteiger partial charge in [0.15, 0.2) is 11.6 Å². The van der Waals surface area contributed by atoms with Crippen LogP contribution in [0.3, 0.4) is 0 Å². The zero-order valence-corrected chi connectivity index (χ0v) is 14.6.